The fourth-order valence-corrected chi connectivity index (χ4v) is 4.38. The van der Waals surface area contributed by atoms with Crippen molar-refractivity contribution in [2.45, 2.75) is 83.7 Å². The number of unbranched alkanes of at least 4 members (excludes halogenated alkanes) is 2. The lowest BCUT2D eigenvalue weighted by Gasteiger charge is -2.14. The van der Waals surface area contributed by atoms with Gasteiger partial charge in [-0.3, -0.25) is 19.2 Å². The second kappa shape index (κ2) is 44.2. The van der Waals surface area contributed by atoms with Crippen LogP contribution >= 0.6 is 0 Å². The van der Waals surface area contributed by atoms with Crippen molar-refractivity contribution >= 4 is 65.7 Å². The molecule has 0 spiro atoms. The maximum atomic E-state index is 11.8. The Hall–Kier alpha value is -6.82. The van der Waals surface area contributed by atoms with Gasteiger partial charge in [0.1, 0.15) is 12.1 Å². The number of amides is 6. The van der Waals surface area contributed by atoms with Gasteiger partial charge in [-0.25, -0.2) is 19.2 Å². The number of carbonyl (C=O) groups excluding carboxylic acids is 8. The molecule has 0 bridgehead atoms. The number of carboxylic acid groups (broad SMARTS) is 4. The van der Waals surface area contributed by atoms with Crippen LogP contribution in [0.4, 0.5) is 15.3 Å². The zero-order chi connectivity index (χ0) is 48.3. The lowest BCUT2D eigenvalue weighted by molar-refractivity contribution is -0.193. The zero-order valence-electron chi connectivity index (χ0n) is 34.3. The van der Waals surface area contributed by atoms with E-state index >= 15 is 0 Å². The minimum atomic E-state index is -1.30. The van der Waals surface area contributed by atoms with Gasteiger partial charge in [-0.2, -0.15) is 19.2 Å². The monoisotopic (exact) mass is 920 g/mol. The lowest BCUT2D eigenvalue weighted by Crippen LogP contribution is -2.46. The number of benzene rings is 1. The number of nitrogens with one attached hydrogen (secondary N) is 6. The van der Waals surface area contributed by atoms with Crippen molar-refractivity contribution in [2.75, 3.05) is 64.6 Å². The number of ether oxygens (including phenoxy) is 2. The number of anilines is 1. The first-order chi connectivity index (χ1) is 30.0. The normalized spacial score (nSPS) is 10.4. The Balaban J connectivity index is -0.000000495. The molecule has 26 nitrogen and oxygen atoms in total. The zero-order valence-corrected chi connectivity index (χ0v) is 34.3. The average Bonchev–Trinajstić information content (AvgIpc) is 3.22. The van der Waals surface area contributed by atoms with Crippen molar-refractivity contribution in [1.29, 1.82) is 0 Å². The van der Waals surface area contributed by atoms with Crippen molar-refractivity contribution in [3.63, 3.8) is 0 Å². The van der Waals surface area contributed by atoms with Crippen molar-refractivity contribution < 1.29 is 97.6 Å². The second-order valence-electron chi connectivity index (χ2n) is 12.2. The molecule has 362 valence electrons. The Kier molecular flexibility index (Phi) is 44.1. The molecule has 1 rings (SSSR count). The summed E-state index contributed by atoms with van der Waals surface area (Å²) in [4.78, 5) is 122. The van der Waals surface area contributed by atoms with Crippen LogP contribution in [0.2, 0.25) is 0 Å². The number of carbonyl (C=O) groups is 8. The SMILES string of the molecule is C.O=C(O)CCC(NC(=O)NCCCCCNC(=O)CCOCCO)C(=O)O.O=C(O)CCC(NC(=O)NCCc1ccc(NC(=O)CCOCCO)cc1)C(=O)O.O=C=O.O=C=O. The molecule has 0 aliphatic rings. The Morgan fingerprint density at radius 3 is 1.36 bits per heavy atom. The maximum Gasteiger partial charge on any atom is 0.373 e. The summed E-state index contributed by atoms with van der Waals surface area (Å²) in [6.07, 6.45) is 2.39. The highest BCUT2D eigenvalue weighted by atomic mass is 16.5. The summed E-state index contributed by atoms with van der Waals surface area (Å²) in [5.41, 5.74) is 1.50. The fourth-order valence-electron chi connectivity index (χ4n) is 4.38. The predicted molar refractivity (Wildman–Crippen MR) is 217 cm³/mol. The van der Waals surface area contributed by atoms with Gasteiger partial charge in [-0.15, -0.1) is 0 Å². The van der Waals surface area contributed by atoms with Crippen LogP contribution in [-0.4, -0.2) is 162 Å². The Labute approximate surface area is 367 Å². The van der Waals surface area contributed by atoms with Crippen LogP contribution in [0.25, 0.3) is 0 Å². The van der Waals surface area contributed by atoms with E-state index in [1.807, 2.05) is 0 Å². The van der Waals surface area contributed by atoms with Crippen molar-refractivity contribution in [3.8, 4) is 0 Å². The molecular formula is C38H60N6O20. The van der Waals surface area contributed by atoms with Gasteiger partial charge in [0.25, 0.3) is 0 Å². The molecular weight excluding hydrogens is 860 g/mol. The molecule has 64 heavy (non-hydrogen) atoms. The Morgan fingerprint density at radius 1 is 0.547 bits per heavy atom. The molecule has 0 saturated carbocycles. The molecule has 0 aliphatic heterocycles. The van der Waals surface area contributed by atoms with Gasteiger partial charge < -0.3 is 72.0 Å². The van der Waals surface area contributed by atoms with Crippen molar-refractivity contribution in [1.82, 2.24) is 26.6 Å². The Morgan fingerprint density at radius 2 is 0.953 bits per heavy atom. The first kappa shape index (κ1) is 63.8. The molecule has 1 aromatic carbocycles. The number of aliphatic hydroxyl groups is 2. The van der Waals surface area contributed by atoms with Crippen molar-refractivity contribution in [2.24, 2.45) is 0 Å². The van der Waals surface area contributed by atoms with E-state index in [0.717, 1.165) is 18.4 Å². The molecule has 26 heteroatoms. The summed E-state index contributed by atoms with van der Waals surface area (Å²) < 4.78 is 10.0. The molecule has 0 radical (unpaired) electrons. The van der Waals surface area contributed by atoms with E-state index in [2.05, 4.69) is 31.9 Å². The maximum absolute atomic E-state index is 11.8. The third kappa shape index (κ3) is 43.3. The summed E-state index contributed by atoms with van der Waals surface area (Å²) in [5, 5.41) is 67.2. The number of hydrogen-bond donors (Lipinski definition) is 12. The van der Waals surface area contributed by atoms with Gasteiger partial charge in [0.05, 0.1) is 46.1 Å². The molecule has 2 atom stereocenters. The summed E-state index contributed by atoms with van der Waals surface area (Å²) in [6.45, 7) is 1.78. The average molecular weight is 921 g/mol. The summed E-state index contributed by atoms with van der Waals surface area (Å²) in [7, 11) is 0. The fraction of sp³-hybridized carbons (Fsp3) is 0.579. The second-order valence-corrected chi connectivity index (χ2v) is 12.2. The van der Waals surface area contributed by atoms with Gasteiger partial charge in [-0.1, -0.05) is 19.6 Å². The van der Waals surface area contributed by atoms with Crippen LogP contribution in [0.1, 0.15) is 70.8 Å². The van der Waals surface area contributed by atoms with E-state index < -0.39 is 48.0 Å². The van der Waals surface area contributed by atoms with E-state index in [1.54, 1.807) is 24.3 Å². The van der Waals surface area contributed by atoms with Crippen LogP contribution in [0.5, 0.6) is 0 Å². The first-order valence-electron chi connectivity index (χ1n) is 19.0. The van der Waals surface area contributed by atoms with Crippen LogP contribution in [0, 0.1) is 0 Å². The third-order valence-corrected chi connectivity index (χ3v) is 7.32. The molecule has 0 aromatic heterocycles. The summed E-state index contributed by atoms with van der Waals surface area (Å²) in [5.74, 6) is -5.21. The van der Waals surface area contributed by atoms with Gasteiger partial charge >= 0.3 is 48.2 Å². The van der Waals surface area contributed by atoms with Gasteiger partial charge in [0, 0.05) is 44.6 Å². The van der Waals surface area contributed by atoms with Crippen LogP contribution in [0.15, 0.2) is 24.3 Å². The number of aliphatic hydroxyl groups excluding tert-OH is 2. The number of rotatable bonds is 30. The van der Waals surface area contributed by atoms with E-state index in [9.17, 15) is 38.4 Å². The molecule has 0 saturated heterocycles. The number of hydrogen-bond acceptors (Lipinski definition) is 16. The molecule has 0 heterocycles. The summed E-state index contributed by atoms with van der Waals surface area (Å²) >= 11 is 0. The minimum Gasteiger partial charge on any atom is -0.481 e. The molecule has 12 N–H and O–H groups in total. The highest BCUT2D eigenvalue weighted by Crippen LogP contribution is 2.10. The van der Waals surface area contributed by atoms with Crippen LogP contribution < -0.4 is 31.9 Å². The number of urea groups is 2. The van der Waals surface area contributed by atoms with Gasteiger partial charge in [-0.05, 0) is 56.2 Å². The predicted octanol–water partition coefficient (Wildman–Crippen LogP) is -1.06. The smallest absolute Gasteiger partial charge is 0.373 e. The molecule has 0 aliphatic carbocycles. The van der Waals surface area contributed by atoms with E-state index in [-0.39, 0.29) is 116 Å². The van der Waals surface area contributed by atoms with Gasteiger partial charge in [0.2, 0.25) is 11.8 Å². The van der Waals surface area contributed by atoms with Crippen LogP contribution in [-0.2, 0) is 63.8 Å². The van der Waals surface area contributed by atoms with Crippen LogP contribution in [0.3, 0.4) is 0 Å². The highest BCUT2D eigenvalue weighted by Gasteiger charge is 2.21. The number of carboxylic acids is 4. The summed E-state index contributed by atoms with van der Waals surface area (Å²) in [6, 6.07) is 3.11. The largest absolute Gasteiger partial charge is 0.481 e. The first-order valence-corrected chi connectivity index (χ1v) is 19.0. The molecule has 1 aromatic rings. The van der Waals surface area contributed by atoms with E-state index in [1.165, 1.54) is 0 Å². The molecule has 2 unspecified atom stereocenters. The topological polar surface area (TPSA) is 417 Å². The van der Waals surface area contributed by atoms with E-state index in [4.69, 9.17) is 59.3 Å². The minimum absolute atomic E-state index is 0. The number of aliphatic carboxylic acids is 4. The third-order valence-electron chi connectivity index (χ3n) is 7.32. The van der Waals surface area contributed by atoms with Gasteiger partial charge in [0.15, 0.2) is 0 Å². The van der Waals surface area contributed by atoms with Crippen molar-refractivity contribution in [3.05, 3.63) is 29.8 Å². The quantitative estimate of drug-likeness (QED) is 0.0409. The standard InChI is InChI=1S/C19H27N3O8.C16H29N3O8.2CO2.CH4/c23-10-12-30-11-8-16(24)21-14-3-1-13(2-4-14)7-9-20-19(29)22-15(18(27)28)5-6-17(25)26;20-9-11-27-10-6-13(21)17-7-2-1-3-8-18-16(26)19-12(15(24)25)4-5-14(22)23;2*2-1-3;/h1-4,15,23H,5-12H2,(H,21,24)(H,25,26)(H,27,28)(H2,20,22,29);12,20H,1-11H2,(H,17,21)(H,22,23)(H,24,25)(H2,18,19,26);;;1H4. The Bertz CT molecular complexity index is 1560. The lowest BCUT2D eigenvalue weighted by atomic mass is 10.1. The molecule has 6 amide bonds. The molecule has 0 fully saturated rings. The van der Waals surface area contributed by atoms with E-state index in [0.29, 0.717) is 31.6 Å². The highest BCUT2D eigenvalue weighted by molar-refractivity contribution is 5.90.